The number of amides is 1. The van der Waals surface area contributed by atoms with E-state index in [9.17, 15) is 4.79 Å². The average molecular weight is 307 g/mol. The van der Waals surface area contributed by atoms with E-state index < -0.39 is 0 Å². The number of hydrogen-bond donors (Lipinski definition) is 1. The van der Waals surface area contributed by atoms with Crippen LogP contribution in [0.4, 0.5) is 0 Å². The molecule has 0 unspecified atom stereocenters. The second kappa shape index (κ2) is 6.24. The summed E-state index contributed by atoms with van der Waals surface area (Å²) in [5.41, 5.74) is 4.09. The van der Waals surface area contributed by atoms with Gasteiger partial charge in [-0.15, -0.1) is 0 Å². The molecule has 0 aliphatic carbocycles. The number of rotatable bonds is 4. The van der Waals surface area contributed by atoms with E-state index in [1.54, 1.807) is 0 Å². The van der Waals surface area contributed by atoms with Gasteiger partial charge >= 0.3 is 0 Å². The van der Waals surface area contributed by atoms with Crippen molar-refractivity contribution >= 4 is 16.7 Å². The smallest absolute Gasteiger partial charge is 0.224 e. The van der Waals surface area contributed by atoms with Crippen LogP contribution < -0.4 is 5.32 Å². The lowest BCUT2D eigenvalue weighted by atomic mass is 10.1. The lowest BCUT2D eigenvalue weighted by Gasteiger charge is -2.07. The summed E-state index contributed by atoms with van der Waals surface area (Å²) in [7, 11) is 1.90. The molecule has 0 radical (unpaired) electrons. The van der Waals surface area contributed by atoms with Gasteiger partial charge in [-0.05, 0) is 36.2 Å². The van der Waals surface area contributed by atoms with Crippen molar-refractivity contribution in [1.29, 1.82) is 0 Å². The number of carbonyl (C=O) groups excluding carboxylic acids is 1. The molecule has 1 amide bonds. The zero-order valence-electron chi connectivity index (χ0n) is 13.8. The highest BCUT2D eigenvalue weighted by Crippen LogP contribution is 2.16. The Morgan fingerprint density at radius 1 is 1.13 bits per heavy atom. The van der Waals surface area contributed by atoms with Crippen LogP contribution in [0.3, 0.4) is 0 Å². The molecule has 4 heteroatoms. The summed E-state index contributed by atoms with van der Waals surface area (Å²) in [4.78, 5) is 12.2. The molecule has 23 heavy (non-hydrogen) atoms. The molecule has 0 aliphatic rings. The Kier molecular flexibility index (Phi) is 4.15. The second-order valence-corrected chi connectivity index (χ2v) is 5.91. The van der Waals surface area contributed by atoms with Gasteiger partial charge in [0.15, 0.2) is 0 Å². The molecule has 0 spiro atoms. The average Bonchev–Trinajstić information content (AvgIpc) is 2.79. The molecular formula is C19H21N3O. The first-order valence-electron chi connectivity index (χ1n) is 7.78. The number of nitrogens with one attached hydrogen (secondary N) is 1. The number of benzene rings is 2. The number of carbonyl (C=O) groups is 1. The lowest BCUT2D eigenvalue weighted by Crippen LogP contribution is -2.25. The van der Waals surface area contributed by atoms with Gasteiger partial charge in [0.1, 0.15) is 0 Å². The highest BCUT2D eigenvalue weighted by molar-refractivity contribution is 5.83. The topological polar surface area (TPSA) is 46.9 Å². The molecule has 0 saturated heterocycles. The largest absolute Gasteiger partial charge is 0.352 e. The first kappa shape index (κ1) is 15.3. The molecule has 4 nitrogen and oxygen atoms in total. The van der Waals surface area contributed by atoms with Crippen LogP contribution in [0.2, 0.25) is 0 Å². The molecule has 0 aliphatic heterocycles. The van der Waals surface area contributed by atoms with Crippen LogP contribution in [0.1, 0.15) is 22.5 Å². The van der Waals surface area contributed by atoms with Gasteiger partial charge in [0.2, 0.25) is 5.91 Å². The molecular weight excluding hydrogens is 286 g/mol. The van der Waals surface area contributed by atoms with Crippen molar-refractivity contribution in [2.24, 2.45) is 7.05 Å². The van der Waals surface area contributed by atoms with Gasteiger partial charge < -0.3 is 5.32 Å². The Balaban J connectivity index is 1.66. The maximum absolute atomic E-state index is 12.2. The van der Waals surface area contributed by atoms with Gasteiger partial charge in [-0.2, -0.15) is 5.10 Å². The monoisotopic (exact) mass is 307 g/mol. The fraction of sp³-hybridized carbons (Fsp3) is 0.263. The maximum Gasteiger partial charge on any atom is 0.224 e. The third-order valence-electron chi connectivity index (χ3n) is 4.30. The molecule has 1 aromatic heterocycles. The fourth-order valence-corrected chi connectivity index (χ4v) is 2.85. The van der Waals surface area contributed by atoms with Crippen molar-refractivity contribution in [2.75, 3.05) is 0 Å². The van der Waals surface area contributed by atoms with E-state index in [4.69, 9.17) is 0 Å². The summed E-state index contributed by atoms with van der Waals surface area (Å²) in [6.07, 6.45) is 0.374. The molecule has 2 aromatic carbocycles. The van der Waals surface area contributed by atoms with E-state index in [2.05, 4.69) is 40.7 Å². The minimum Gasteiger partial charge on any atom is -0.352 e. The molecule has 3 aromatic rings. The zero-order chi connectivity index (χ0) is 16.4. The van der Waals surface area contributed by atoms with Gasteiger partial charge in [0.05, 0.1) is 12.1 Å². The summed E-state index contributed by atoms with van der Waals surface area (Å²) < 4.78 is 1.82. The van der Waals surface area contributed by atoms with Gasteiger partial charge in [-0.3, -0.25) is 9.48 Å². The Labute approximate surface area is 136 Å². The summed E-state index contributed by atoms with van der Waals surface area (Å²) in [6, 6.07) is 14.5. The number of hydrogen-bond acceptors (Lipinski definition) is 2. The van der Waals surface area contributed by atoms with Crippen molar-refractivity contribution in [1.82, 2.24) is 15.1 Å². The third-order valence-corrected chi connectivity index (χ3v) is 4.30. The van der Waals surface area contributed by atoms with Crippen LogP contribution in [-0.4, -0.2) is 15.7 Å². The number of nitrogens with zero attached hydrogens (tertiary/aromatic N) is 2. The van der Waals surface area contributed by atoms with Crippen molar-refractivity contribution in [2.45, 2.75) is 26.8 Å². The number of aromatic nitrogens is 2. The van der Waals surface area contributed by atoms with E-state index >= 15 is 0 Å². The van der Waals surface area contributed by atoms with Gasteiger partial charge in [-0.25, -0.2) is 0 Å². The molecule has 0 bridgehead atoms. The summed E-state index contributed by atoms with van der Waals surface area (Å²) in [5, 5.41) is 9.76. The molecule has 0 saturated carbocycles. The van der Waals surface area contributed by atoms with Crippen molar-refractivity contribution in [3.05, 3.63) is 65.0 Å². The predicted molar refractivity (Wildman–Crippen MR) is 92.2 cm³/mol. The third kappa shape index (κ3) is 3.26. The van der Waals surface area contributed by atoms with E-state index in [1.165, 1.54) is 10.8 Å². The predicted octanol–water partition coefficient (Wildman–Crippen LogP) is 3.05. The summed E-state index contributed by atoms with van der Waals surface area (Å²) in [6.45, 7) is 4.48. The van der Waals surface area contributed by atoms with Gasteiger partial charge in [-0.1, -0.05) is 36.4 Å². The summed E-state index contributed by atoms with van der Waals surface area (Å²) in [5.74, 6) is 0.0253. The van der Waals surface area contributed by atoms with E-state index in [0.717, 1.165) is 22.5 Å². The standard InChI is InChI=1S/C19H21N3O/c1-13-18(14(2)22(3)21-13)11-19(23)20-12-15-8-9-16-6-4-5-7-17(16)10-15/h4-10H,11-12H2,1-3H3,(H,20,23). The zero-order valence-corrected chi connectivity index (χ0v) is 13.8. The Morgan fingerprint density at radius 2 is 1.87 bits per heavy atom. The minimum absolute atomic E-state index is 0.0253. The van der Waals surface area contributed by atoms with Crippen LogP contribution in [0.5, 0.6) is 0 Å². The van der Waals surface area contributed by atoms with Crippen molar-refractivity contribution in [3.63, 3.8) is 0 Å². The van der Waals surface area contributed by atoms with Crippen molar-refractivity contribution in [3.8, 4) is 0 Å². The van der Waals surface area contributed by atoms with E-state index in [-0.39, 0.29) is 5.91 Å². The van der Waals surface area contributed by atoms with Crippen LogP contribution >= 0.6 is 0 Å². The Hall–Kier alpha value is -2.62. The first-order valence-corrected chi connectivity index (χ1v) is 7.78. The molecule has 118 valence electrons. The summed E-state index contributed by atoms with van der Waals surface area (Å²) >= 11 is 0. The lowest BCUT2D eigenvalue weighted by molar-refractivity contribution is -0.120. The SMILES string of the molecule is Cc1nn(C)c(C)c1CC(=O)NCc1ccc2ccccc2c1. The highest BCUT2D eigenvalue weighted by Gasteiger charge is 2.13. The van der Waals surface area contributed by atoms with Crippen LogP contribution in [0, 0.1) is 13.8 Å². The maximum atomic E-state index is 12.2. The quantitative estimate of drug-likeness (QED) is 0.805. The van der Waals surface area contributed by atoms with E-state index in [0.29, 0.717) is 13.0 Å². The van der Waals surface area contributed by atoms with Crippen LogP contribution in [0.25, 0.3) is 10.8 Å². The number of aryl methyl sites for hydroxylation is 2. The van der Waals surface area contributed by atoms with Crippen molar-refractivity contribution < 1.29 is 4.79 Å². The molecule has 1 N–H and O–H groups in total. The van der Waals surface area contributed by atoms with Crippen LogP contribution in [0.15, 0.2) is 42.5 Å². The Bertz CT molecular complexity index is 864. The highest BCUT2D eigenvalue weighted by atomic mass is 16.1. The minimum atomic E-state index is 0.0253. The van der Waals surface area contributed by atoms with Gasteiger partial charge in [0.25, 0.3) is 0 Å². The second-order valence-electron chi connectivity index (χ2n) is 5.91. The molecule has 0 fully saturated rings. The normalized spacial score (nSPS) is 10.9. The number of fused-ring (bicyclic) bond motifs is 1. The Morgan fingerprint density at radius 3 is 2.57 bits per heavy atom. The fourth-order valence-electron chi connectivity index (χ4n) is 2.85. The van der Waals surface area contributed by atoms with Gasteiger partial charge in [0, 0.05) is 24.8 Å². The molecule has 0 atom stereocenters. The molecule has 1 heterocycles. The molecule has 3 rings (SSSR count). The first-order chi connectivity index (χ1) is 11.0. The van der Waals surface area contributed by atoms with E-state index in [1.807, 2.05) is 37.7 Å². The van der Waals surface area contributed by atoms with Crippen LogP contribution in [-0.2, 0) is 24.8 Å².